The summed E-state index contributed by atoms with van der Waals surface area (Å²) < 4.78 is 0. The lowest BCUT2D eigenvalue weighted by Gasteiger charge is -2.34. The van der Waals surface area contributed by atoms with Gasteiger partial charge in [0.05, 0.1) is 12.2 Å². The maximum Gasteiger partial charge on any atom is 0.240 e. The fraction of sp³-hybridized carbons (Fsp3) is 0.333. The van der Waals surface area contributed by atoms with Crippen LogP contribution in [0.15, 0.2) is 42.0 Å². The Bertz CT molecular complexity index is 982. The minimum Gasteiger partial charge on any atom is -0.338 e. The summed E-state index contributed by atoms with van der Waals surface area (Å²) in [5, 5.41) is 5.56. The quantitative estimate of drug-likeness (QED) is 0.700. The second-order valence-corrected chi connectivity index (χ2v) is 8.06. The number of nitrogens with zero attached hydrogens (tertiary/aromatic N) is 5. The fourth-order valence-electron chi connectivity index (χ4n) is 3.29. The van der Waals surface area contributed by atoms with Crippen molar-refractivity contribution in [1.82, 2.24) is 19.9 Å². The largest absolute Gasteiger partial charge is 0.338 e. The van der Waals surface area contributed by atoms with Gasteiger partial charge in [0.1, 0.15) is 0 Å². The van der Waals surface area contributed by atoms with Crippen molar-refractivity contribution >= 4 is 28.3 Å². The number of anilines is 2. The number of hydrogen-bond acceptors (Lipinski definition) is 7. The van der Waals surface area contributed by atoms with E-state index in [-0.39, 0.29) is 5.91 Å². The van der Waals surface area contributed by atoms with Crippen molar-refractivity contribution < 1.29 is 4.79 Å². The molecular formula is C21H24N6OS. The van der Waals surface area contributed by atoms with Crippen molar-refractivity contribution in [3.8, 4) is 11.3 Å². The molecule has 29 heavy (non-hydrogen) atoms. The monoisotopic (exact) mass is 408 g/mol. The van der Waals surface area contributed by atoms with Crippen molar-refractivity contribution in [2.24, 2.45) is 0 Å². The summed E-state index contributed by atoms with van der Waals surface area (Å²) in [6, 6.07) is 8.11. The molecule has 1 aliphatic heterocycles. The molecule has 1 aromatic carbocycles. The molecule has 4 rings (SSSR count). The Morgan fingerprint density at radius 3 is 2.59 bits per heavy atom. The molecule has 1 amide bonds. The van der Waals surface area contributed by atoms with Gasteiger partial charge in [0.2, 0.25) is 11.9 Å². The van der Waals surface area contributed by atoms with E-state index in [1.165, 1.54) is 22.5 Å². The van der Waals surface area contributed by atoms with E-state index in [0.29, 0.717) is 11.7 Å². The molecule has 0 spiro atoms. The number of carbonyl (C=O) groups is 1. The molecule has 0 saturated carbocycles. The highest BCUT2D eigenvalue weighted by Gasteiger charge is 2.21. The Labute approximate surface area is 174 Å². The van der Waals surface area contributed by atoms with Gasteiger partial charge in [-0.2, -0.15) is 0 Å². The number of aromatic nitrogens is 3. The highest BCUT2D eigenvalue weighted by atomic mass is 32.1. The normalized spacial score (nSPS) is 14.8. The van der Waals surface area contributed by atoms with E-state index in [0.717, 1.165) is 43.4 Å². The zero-order chi connectivity index (χ0) is 20.2. The molecule has 0 unspecified atom stereocenters. The predicted octanol–water partition coefficient (Wildman–Crippen LogP) is 2.98. The van der Waals surface area contributed by atoms with Gasteiger partial charge in [0, 0.05) is 49.5 Å². The van der Waals surface area contributed by atoms with Gasteiger partial charge in [-0.1, -0.05) is 12.1 Å². The molecule has 1 saturated heterocycles. The van der Waals surface area contributed by atoms with E-state index in [1.807, 2.05) is 11.4 Å². The molecule has 7 nitrogen and oxygen atoms in total. The Hall–Kier alpha value is -2.84. The molecule has 8 heteroatoms. The SMILES string of the molecule is Cc1ccc(-c2csc(NC(=O)CN3CCN(c4ncccn4)CC3)n2)cc1C. The van der Waals surface area contributed by atoms with E-state index in [9.17, 15) is 4.79 Å². The molecule has 3 heterocycles. The van der Waals surface area contributed by atoms with Crippen LogP contribution in [0.5, 0.6) is 0 Å². The van der Waals surface area contributed by atoms with Crippen molar-refractivity contribution in [3.05, 3.63) is 53.2 Å². The van der Waals surface area contributed by atoms with Gasteiger partial charge in [-0.25, -0.2) is 15.0 Å². The average molecular weight is 409 g/mol. The smallest absolute Gasteiger partial charge is 0.240 e. The summed E-state index contributed by atoms with van der Waals surface area (Å²) in [4.78, 5) is 29.9. The fourth-order valence-corrected chi connectivity index (χ4v) is 4.02. The van der Waals surface area contributed by atoms with Crippen LogP contribution in [0.3, 0.4) is 0 Å². The number of carbonyl (C=O) groups excluding carboxylic acids is 1. The molecule has 150 valence electrons. The molecular weight excluding hydrogens is 384 g/mol. The average Bonchev–Trinajstić information content (AvgIpc) is 3.19. The minimum absolute atomic E-state index is 0.0320. The van der Waals surface area contributed by atoms with Gasteiger partial charge in [-0.3, -0.25) is 9.69 Å². The zero-order valence-corrected chi connectivity index (χ0v) is 17.4. The molecule has 0 radical (unpaired) electrons. The maximum absolute atomic E-state index is 12.5. The first-order chi connectivity index (χ1) is 14.1. The van der Waals surface area contributed by atoms with Crippen LogP contribution < -0.4 is 10.2 Å². The van der Waals surface area contributed by atoms with E-state index in [4.69, 9.17) is 0 Å². The van der Waals surface area contributed by atoms with Gasteiger partial charge >= 0.3 is 0 Å². The number of piperazine rings is 1. The van der Waals surface area contributed by atoms with E-state index >= 15 is 0 Å². The number of rotatable bonds is 5. The minimum atomic E-state index is -0.0320. The third-order valence-corrected chi connectivity index (χ3v) is 5.89. The van der Waals surface area contributed by atoms with Crippen LogP contribution in [0, 0.1) is 13.8 Å². The van der Waals surface area contributed by atoms with Gasteiger partial charge in [-0.15, -0.1) is 11.3 Å². The Balaban J connectivity index is 1.29. The van der Waals surface area contributed by atoms with Gasteiger partial charge in [0.25, 0.3) is 0 Å². The number of amides is 1. The van der Waals surface area contributed by atoms with Crippen molar-refractivity contribution in [2.45, 2.75) is 13.8 Å². The molecule has 0 bridgehead atoms. The summed E-state index contributed by atoms with van der Waals surface area (Å²) in [5.74, 6) is 0.716. The number of hydrogen-bond donors (Lipinski definition) is 1. The zero-order valence-electron chi connectivity index (χ0n) is 16.6. The third-order valence-electron chi connectivity index (χ3n) is 5.13. The molecule has 1 fully saturated rings. The number of thiazole rings is 1. The Morgan fingerprint density at radius 2 is 1.86 bits per heavy atom. The van der Waals surface area contributed by atoms with E-state index < -0.39 is 0 Å². The van der Waals surface area contributed by atoms with Gasteiger partial charge < -0.3 is 10.2 Å². The van der Waals surface area contributed by atoms with Gasteiger partial charge in [-0.05, 0) is 37.1 Å². The lowest BCUT2D eigenvalue weighted by molar-refractivity contribution is -0.117. The Kier molecular flexibility index (Phi) is 5.82. The molecule has 1 N–H and O–H groups in total. The van der Waals surface area contributed by atoms with Crippen LogP contribution in [-0.2, 0) is 4.79 Å². The van der Waals surface area contributed by atoms with Crippen molar-refractivity contribution in [2.75, 3.05) is 42.9 Å². The molecule has 0 atom stereocenters. The van der Waals surface area contributed by atoms with Crippen LogP contribution in [0.1, 0.15) is 11.1 Å². The van der Waals surface area contributed by atoms with Crippen LogP contribution in [0.2, 0.25) is 0 Å². The highest BCUT2D eigenvalue weighted by molar-refractivity contribution is 7.14. The number of aryl methyl sites for hydroxylation is 2. The summed E-state index contributed by atoms with van der Waals surface area (Å²) in [6.45, 7) is 7.78. The summed E-state index contributed by atoms with van der Waals surface area (Å²) >= 11 is 1.46. The number of benzene rings is 1. The second kappa shape index (κ2) is 8.67. The highest BCUT2D eigenvalue weighted by Crippen LogP contribution is 2.26. The molecule has 3 aromatic rings. The van der Waals surface area contributed by atoms with Crippen molar-refractivity contribution in [1.29, 1.82) is 0 Å². The summed E-state index contributed by atoms with van der Waals surface area (Å²) in [6.07, 6.45) is 3.50. The first kappa shape index (κ1) is 19.5. The number of nitrogens with one attached hydrogen (secondary N) is 1. The van der Waals surface area contributed by atoms with E-state index in [1.54, 1.807) is 12.4 Å². The first-order valence-corrected chi connectivity index (χ1v) is 10.5. The second-order valence-electron chi connectivity index (χ2n) is 7.20. The van der Waals surface area contributed by atoms with Crippen LogP contribution in [0.4, 0.5) is 11.1 Å². The summed E-state index contributed by atoms with van der Waals surface area (Å²) in [7, 11) is 0. The van der Waals surface area contributed by atoms with Crippen LogP contribution in [-0.4, -0.2) is 58.5 Å². The molecule has 2 aromatic heterocycles. The standard InChI is InChI=1S/C21H24N6OS/c1-15-4-5-17(12-16(15)2)18-14-29-21(24-18)25-19(28)13-26-8-10-27(11-9-26)20-22-6-3-7-23-20/h3-7,12,14H,8-11,13H2,1-2H3,(H,24,25,28). The van der Waals surface area contributed by atoms with E-state index in [2.05, 4.69) is 62.1 Å². The van der Waals surface area contributed by atoms with Gasteiger partial charge in [0.15, 0.2) is 5.13 Å². The maximum atomic E-state index is 12.5. The third kappa shape index (κ3) is 4.78. The topological polar surface area (TPSA) is 74.2 Å². The first-order valence-electron chi connectivity index (χ1n) is 9.66. The lowest BCUT2D eigenvalue weighted by atomic mass is 10.1. The van der Waals surface area contributed by atoms with Crippen molar-refractivity contribution in [3.63, 3.8) is 0 Å². The van der Waals surface area contributed by atoms with Crippen LogP contribution in [0.25, 0.3) is 11.3 Å². The lowest BCUT2D eigenvalue weighted by Crippen LogP contribution is -2.49. The molecule has 0 aliphatic carbocycles. The molecule has 1 aliphatic rings. The van der Waals surface area contributed by atoms with Crippen LogP contribution >= 0.6 is 11.3 Å². The summed E-state index contributed by atoms with van der Waals surface area (Å²) in [5.41, 5.74) is 4.46. The Morgan fingerprint density at radius 1 is 1.10 bits per heavy atom. The predicted molar refractivity (Wildman–Crippen MR) is 116 cm³/mol.